The maximum atomic E-state index is 8.56. The highest BCUT2D eigenvalue weighted by Crippen LogP contribution is 2.03. The van der Waals surface area contributed by atoms with E-state index in [0.717, 1.165) is 17.6 Å². The van der Waals surface area contributed by atoms with Gasteiger partial charge in [-0.05, 0) is 26.3 Å². The topological polar surface area (TPSA) is 23.8 Å². The highest BCUT2D eigenvalue weighted by molar-refractivity contribution is 5.36. The summed E-state index contributed by atoms with van der Waals surface area (Å²) in [6, 6.07) is 2.13. The SMILES string of the molecule is C=C.CC/C=C\C(C#N)=C(C)C. The lowest BCUT2D eigenvalue weighted by molar-refractivity contribution is 1.21. The van der Waals surface area contributed by atoms with Crippen LogP contribution < -0.4 is 0 Å². The molecule has 0 atom stereocenters. The van der Waals surface area contributed by atoms with Crippen molar-refractivity contribution in [3.63, 3.8) is 0 Å². The summed E-state index contributed by atoms with van der Waals surface area (Å²) >= 11 is 0. The predicted molar refractivity (Wildman–Crippen MR) is 54.7 cm³/mol. The molecule has 0 heterocycles. The van der Waals surface area contributed by atoms with E-state index in [1.165, 1.54) is 0 Å². The first kappa shape index (κ1) is 13.3. The van der Waals surface area contributed by atoms with Crippen LogP contribution in [0, 0.1) is 11.3 Å². The number of allylic oxidation sites excluding steroid dienone is 4. The molecule has 0 amide bonds. The Kier molecular flexibility index (Phi) is 10.8. The zero-order valence-electron chi connectivity index (χ0n) is 8.22. The number of rotatable bonds is 2. The van der Waals surface area contributed by atoms with Crippen molar-refractivity contribution in [2.75, 3.05) is 0 Å². The van der Waals surface area contributed by atoms with Crippen molar-refractivity contribution in [3.05, 3.63) is 36.5 Å². The molecule has 0 spiro atoms. The number of hydrogen-bond acceptors (Lipinski definition) is 1. The average molecular weight is 163 g/mol. The minimum atomic E-state index is 0.779. The monoisotopic (exact) mass is 163 g/mol. The van der Waals surface area contributed by atoms with Crippen molar-refractivity contribution in [2.24, 2.45) is 0 Å². The van der Waals surface area contributed by atoms with Gasteiger partial charge in [-0.15, -0.1) is 13.2 Å². The first-order valence-corrected chi connectivity index (χ1v) is 3.96. The molecule has 1 heteroatoms. The third kappa shape index (κ3) is 6.82. The van der Waals surface area contributed by atoms with Crippen LogP contribution in [0.3, 0.4) is 0 Å². The summed E-state index contributed by atoms with van der Waals surface area (Å²) in [5.41, 5.74) is 1.86. The zero-order chi connectivity index (χ0) is 9.98. The van der Waals surface area contributed by atoms with E-state index in [2.05, 4.69) is 26.2 Å². The second kappa shape index (κ2) is 9.71. The molecule has 12 heavy (non-hydrogen) atoms. The third-order valence-corrected chi connectivity index (χ3v) is 1.18. The molecule has 0 saturated heterocycles. The summed E-state index contributed by atoms with van der Waals surface area (Å²) < 4.78 is 0. The summed E-state index contributed by atoms with van der Waals surface area (Å²) in [4.78, 5) is 0. The Morgan fingerprint density at radius 3 is 2.17 bits per heavy atom. The zero-order valence-corrected chi connectivity index (χ0v) is 8.22. The third-order valence-electron chi connectivity index (χ3n) is 1.18. The van der Waals surface area contributed by atoms with E-state index in [0.29, 0.717) is 0 Å². The van der Waals surface area contributed by atoms with Crippen molar-refractivity contribution in [2.45, 2.75) is 27.2 Å². The lowest BCUT2D eigenvalue weighted by atomic mass is 10.1. The van der Waals surface area contributed by atoms with Crippen LogP contribution in [-0.2, 0) is 0 Å². The van der Waals surface area contributed by atoms with Gasteiger partial charge in [0.05, 0.1) is 11.6 Å². The van der Waals surface area contributed by atoms with Gasteiger partial charge >= 0.3 is 0 Å². The summed E-state index contributed by atoms with van der Waals surface area (Å²) in [6.07, 6.45) is 4.85. The lowest BCUT2D eigenvalue weighted by Gasteiger charge is -1.89. The highest BCUT2D eigenvalue weighted by atomic mass is 14.2. The van der Waals surface area contributed by atoms with E-state index in [4.69, 9.17) is 5.26 Å². The first-order chi connectivity index (χ1) is 5.72. The van der Waals surface area contributed by atoms with Crippen LogP contribution in [0.25, 0.3) is 0 Å². The van der Waals surface area contributed by atoms with E-state index in [-0.39, 0.29) is 0 Å². The molecule has 0 rings (SSSR count). The van der Waals surface area contributed by atoms with Crippen LogP contribution in [0.1, 0.15) is 27.2 Å². The molecule has 0 radical (unpaired) electrons. The van der Waals surface area contributed by atoms with E-state index in [1.807, 2.05) is 26.0 Å². The summed E-state index contributed by atoms with van der Waals surface area (Å²) in [5.74, 6) is 0. The Balaban J connectivity index is 0. The van der Waals surface area contributed by atoms with E-state index < -0.39 is 0 Å². The molecule has 0 fully saturated rings. The van der Waals surface area contributed by atoms with Crippen molar-refractivity contribution >= 4 is 0 Å². The van der Waals surface area contributed by atoms with Gasteiger partial charge in [0.1, 0.15) is 0 Å². The predicted octanol–water partition coefficient (Wildman–Crippen LogP) is 3.61. The lowest BCUT2D eigenvalue weighted by Crippen LogP contribution is -1.75. The van der Waals surface area contributed by atoms with Crippen LogP contribution in [0.5, 0.6) is 0 Å². The first-order valence-electron chi connectivity index (χ1n) is 3.96. The maximum Gasteiger partial charge on any atom is 0.0990 e. The van der Waals surface area contributed by atoms with Crippen LogP contribution in [0.4, 0.5) is 0 Å². The van der Waals surface area contributed by atoms with Gasteiger partial charge in [0.2, 0.25) is 0 Å². The molecule has 0 saturated carbocycles. The molecule has 0 unspecified atom stereocenters. The second-order valence-corrected chi connectivity index (χ2v) is 2.34. The molecule has 0 aromatic rings. The van der Waals surface area contributed by atoms with Gasteiger partial charge in [-0.1, -0.05) is 18.6 Å². The summed E-state index contributed by atoms with van der Waals surface area (Å²) in [5, 5.41) is 8.56. The van der Waals surface area contributed by atoms with Gasteiger partial charge < -0.3 is 0 Å². The van der Waals surface area contributed by atoms with Gasteiger partial charge in [0.25, 0.3) is 0 Å². The quantitative estimate of drug-likeness (QED) is 0.346. The minimum absolute atomic E-state index is 0.779. The Labute approximate surface area is 75.7 Å². The number of nitriles is 1. The largest absolute Gasteiger partial charge is 0.192 e. The van der Waals surface area contributed by atoms with Crippen LogP contribution in [0.2, 0.25) is 0 Å². The normalized spacial score (nSPS) is 8.17. The van der Waals surface area contributed by atoms with Crippen LogP contribution in [0.15, 0.2) is 36.5 Å². The maximum absolute atomic E-state index is 8.56. The van der Waals surface area contributed by atoms with Crippen molar-refractivity contribution < 1.29 is 0 Å². The van der Waals surface area contributed by atoms with Crippen LogP contribution >= 0.6 is 0 Å². The fourth-order valence-corrected chi connectivity index (χ4v) is 0.551. The molecule has 0 aliphatic heterocycles. The Bertz CT molecular complexity index is 200. The highest BCUT2D eigenvalue weighted by Gasteiger charge is 1.88. The number of hydrogen-bond donors (Lipinski definition) is 0. The fourth-order valence-electron chi connectivity index (χ4n) is 0.551. The van der Waals surface area contributed by atoms with Gasteiger partial charge in [-0.3, -0.25) is 0 Å². The molecular formula is C11H17N. The van der Waals surface area contributed by atoms with Gasteiger partial charge in [-0.25, -0.2) is 0 Å². The second-order valence-electron chi connectivity index (χ2n) is 2.34. The Morgan fingerprint density at radius 2 is 1.92 bits per heavy atom. The summed E-state index contributed by atoms with van der Waals surface area (Å²) in [6.45, 7) is 11.9. The van der Waals surface area contributed by atoms with Crippen molar-refractivity contribution in [1.82, 2.24) is 0 Å². The molecular weight excluding hydrogens is 146 g/mol. The molecule has 0 aromatic carbocycles. The molecule has 66 valence electrons. The van der Waals surface area contributed by atoms with E-state index in [9.17, 15) is 0 Å². The molecule has 0 aromatic heterocycles. The molecule has 0 aliphatic carbocycles. The Morgan fingerprint density at radius 1 is 1.42 bits per heavy atom. The smallest absolute Gasteiger partial charge is 0.0990 e. The van der Waals surface area contributed by atoms with Gasteiger partial charge in [-0.2, -0.15) is 5.26 Å². The van der Waals surface area contributed by atoms with Gasteiger partial charge in [0, 0.05) is 0 Å². The minimum Gasteiger partial charge on any atom is -0.192 e. The number of nitrogens with zero attached hydrogens (tertiary/aromatic N) is 1. The molecule has 1 nitrogen and oxygen atoms in total. The molecule has 0 N–H and O–H groups in total. The standard InChI is InChI=1S/C9H13N.C2H4/c1-4-5-6-9(7-10)8(2)3;1-2/h5-6H,4H2,1-3H3;1-2H2/b6-5-;. The summed E-state index contributed by atoms with van der Waals surface area (Å²) in [7, 11) is 0. The van der Waals surface area contributed by atoms with Crippen molar-refractivity contribution in [3.8, 4) is 6.07 Å². The van der Waals surface area contributed by atoms with Gasteiger partial charge in [0.15, 0.2) is 0 Å². The fraction of sp³-hybridized carbons (Fsp3) is 0.364. The Hall–Kier alpha value is -1.29. The van der Waals surface area contributed by atoms with E-state index in [1.54, 1.807) is 0 Å². The van der Waals surface area contributed by atoms with Crippen molar-refractivity contribution in [1.29, 1.82) is 5.26 Å². The molecule has 0 bridgehead atoms. The average Bonchev–Trinajstić information content (AvgIpc) is 2.09. The van der Waals surface area contributed by atoms with E-state index >= 15 is 0 Å². The molecule has 0 aliphatic rings. The van der Waals surface area contributed by atoms with Crippen LogP contribution in [-0.4, -0.2) is 0 Å².